The van der Waals surface area contributed by atoms with Gasteiger partial charge in [-0.2, -0.15) is 5.10 Å². The van der Waals surface area contributed by atoms with E-state index in [1.54, 1.807) is 19.1 Å². The number of sulfonamides is 1. The van der Waals surface area contributed by atoms with Crippen LogP contribution in [0.4, 0.5) is 4.39 Å². The van der Waals surface area contributed by atoms with Crippen LogP contribution >= 0.6 is 0 Å². The van der Waals surface area contributed by atoms with Gasteiger partial charge in [0, 0.05) is 31.1 Å². The molecule has 0 unspecified atom stereocenters. The molecule has 0 saturated carbocycles. The van der Waals surface area contributed by atoms with Crippen LogP contribution in [0.25, 0.3) is 11.3 Å². The van der Waals surface area contributed by atoms with Gasteiger partial charge in [0.2, 0.25) is 10.0 Å². The number of rotatable bonds is 8. The molecule has 1 N–H and O–H groups in total. The number of nitrogens with zero attached hydrogens (tertiary/aromatic N) is 2. The smallest absolute Gasteiger partial charge is 0.243 e. The minimum atomic E-state index is -3.85. The number of aromatic nitrogens is 2. The molecular weight excluding hydrogens is 441 g/mol. The zero-order valence-corrected chi connectivity index (χ0v) is 19.1. The third kappa shape index (κ3) is 5.38. The van der Waals surface area contributed by atoms with E-state index in [1.165, 1.54) is 41.7 Å². The van der Waals surface area contributed by atoms with Crippen molar-refractivity contribution in [1.82, 2.24) is 14.5 Å². The molecule has 3 aromatic rings. The van der Waals surface area contributed by atoms with E-state index in [0.29, 0.717) is 29.7 Å². The highest BCUT2D eigenvalue weighted by molar-refractivity contribution is 7.91. The van der Waals surface area contributed by atoms with Crippen LogP contribution in [0.15, 0.2) is 58.3 Å². The number of hydrogen-bond donors (Lipinski definition) is 1. The van der Waals surface area contributed by atoms with Crippen molar-refractivity contribution in [2.24, 2.45) is 0 Å². The average molecular weight is 466 g/mol. The fourth-order valence-corrected chi connectivity index (χ4v) is 5.33. The standard InChI is InChI=1S/C21H24FN3O4S2/c1-15-9-10-19(30(3,26)27)14-21(15)31(28,29)25(2)11-5-8-18-13-20(24-23-18)16-6-4-7-17(22)12-16/h4,6-7,9-10,12-14H,5,8,11H2,1-3H3,(H,23,24). The first-order valence-corrected chi connectivity index (χ1v) is 12.9. The van der Waals surface area contributed by atoms with Crippen molar-refractivity contribution in [3.63, 3.8) is 0 Å². The third-order valence-electron chi connectivity index (χ3n) is 4.95. The second kappa shape index (κ2) is 8.89. The predicted octanol–water partition coefficient (Wildman–Crippen LogP) is 3.18. The van der Waals surface area contributed by atoms with E-state index in [4.69, 9.17) is 0 Å². The predicted molar refractivity (Wildman–Crippen MR) is 116 cm³/mol. The Bertz CT molecular complexity index is 1300. The van der Waals surface area contributed by atoms with Gasteiger partial charge in [-0.05, 0) is 55.7 Å². The Morgan fingerprint density at radius 3 is 2.48 bits per heavy atom. The van der Waals surface area contributed by atoms with Gasteiger partial charge in [-0.25, -0.2) is 25.5 Å². The quantitative estimate of drug-likeness (QED) is 0.551. The molecule has 10 heteroatoms. The maximum atomic E-state index is 13.4. The molecule has 0 aliphatic carbocycles. The topological polar surface area (TPSA) is 100 Å². The van der Waals surface area contributed by atoms with Crippen molar-refractivity contribution >= 4 is 19.9 Å². The number of aryl methyl sites for hydroxylation is 2. The molecule has 0 spiro atoms. The maximum absolute atomic E-state index is 13.4. The minimum Gasteiger partial charge on any atom is -0.282 e. The van der Waals surface area contributed by atoms with Crippen LogP contribution in [0.1, 0.15) is 17.7 Å². The molecule has 7 nitrogen and oxygen atoms in total. The molecule has 0 fully saturated rings. The van der Waals surface area contributed by atoms with E-state index in [2.05, 4.69) is 10.2 Å². The summed E-state index contributed by atoms with van der Waals surface area (Å²) in [4.78, 5) is -0.0553. The van der Waals surface area contributed by atoms with E-state index in [1.807, 2.05) is 6.07 Å². The average Bonchev–Trinajstić information content (AvgIpc) is 3.16. The summed E-state index contributed by atoms with van der Waals surface area (Å²) in [5, 5.41) is 7.08. The number of aromatic amines is 1. The molecular formula is C21H24FN3O4S2. The van der Waals surface area contributed by atoms with Gasteiger partial charge >= 0.3 is 0 Å². The lowest BCUT2D eigenvalue weighted by atomic mass is 10.1. The van der Waals surface area contributed by atoms with Crippen LogP contribution in [0.2, 0.25) is 0 Å². The lowest BCUT2D eigenvalue weighted by Crippen LogP contribution is -2.29. The van der Waals surface area contributed by atoms with Crippen LogP contribution in [0.3, 0.4) is 0 Å². The Morgan fingerprint density at radius 2 is 1.81 bits per heavy atom. The Balaban J connectivity index is 1.68. The monoisotopic (exact) mass is 465 g/mol. The van der Waals surface area contributed by atoms with Crippen LogP contribution in [-0.2, 0) is 26.3 Å². The molecule has 3 rings (SSSR count). The highest BCUT2D eigenvalue weighted by Gasteiger charge is 2.24. The lowest BCUT2D eigenvalue weighted by molar-refractivity contribution is 0.460. The van der Waals surface area contributed by atoms with Crippen molar-refractivity contribution in [1.29, 1.82) is 0 Å². The van der Waals surface area contributed by atoms with Gasteiger partial charge in [-0.1, -0.05) is 18.2 Å². The first-order chi connectivity index (χ1) is 14.5. The summed E-state index contributed by atoms with van der Waals surface area (Å²) in [6, 6.07) is 12.0. The highest BCUT2D eigenvalue weighted by atomic mass is 32.2. The van der Waals surface area contributed by atoms with Crippen LogP contribution in [0.5, 0.6) is 0 Å². The molecule has 0 bridgehead atoms. The largest absolute Gasteiger partial charge is 0.282 e. The number of sulfone groups is 1. The molecule has 1 heterocycles. The first kappa shape index (κ1) is 23.1. The Labute approximate surface area is 181 Å². The fourth-order valence-electron chi connectivity index (χ4n) is 3.15. The van der Waals surface area contributed by atoms with Gasteiger partial charge < -0.3 is 0 Å². The van der Waals surface area contributed by atoms with Gasteiger partial charge in [-0.15, -0.1) is 0 Å². The van der Waals surface area contributed by atoms with Gasteiger partial charge in [0.05, 0.1) is 15.5 Å². The summed E-state index contributed by atoms with van der Waals surface area (Å²) >= 11 is 0. The highest BCUT2D eigenvalue weighted by Crippen LogP contribution is 2.23. The van der Waals surface area contributed by atoms with Gasteiger partial charge in [0.25, 0.3) is 0 Å². The van der Waals surface area contributed by atoms with E-state index in [9.17, 15) is 21.2 Å². The molecule has 0 radical (unpaired) electrons. The number of H-pyrrole nitrogens is 1. The summed E-state index contributed by atoms with van der Waals surface area (Å²) < 4.78 is 64.2. The van der Waals surface area contributed by atoms with Crippen molar-refractivity contribution in [2.45, 2.75) is 29.6 Å². The van der Waals surface area contributed by atoms with Crippen LogP contribution in [-0.4, -0.2) is 51.2 Å². The van der Waals surface area contributed by atoms with Crippen LogP contribution in [0, 0.1) is 12.7 Å². The van der Waals surface area contributed by atoms with Crippen LogP contribution < -0.4 is 0 Å². The Hall–Kier alpha value is -2.56. The molecule has 166 valence electrons. The zero-order valence-electron chi connectivity index (χ0n) is 17.5. The van der Waals surface area contributed by atoms with Gasteiger partial charge in [-0.3, -0.25) is 5.10 Å². The molecule has 0 aliphatic heterocycles. The molecule has 31 heavy (non-hydrogen) atoms. The van der Waals surface area contributed by atoms with Crippen molar-refractivity contribution in [2.75, 3.05) is 19.8 Å². The maximum Gasteiger partial charge on any atom is 0.243 e. The molecule has 0 saturated heterocycles. The number of hydrogen-bond acceptors (Lipinski definition) is 5. The molecule has 0 atom stereocenters. The summed E-state index contributed by atoms with van der Waals surface area (Å²) in [5.41, 5.74) is 2.56. The minimum absolute atomic E-state index is 0.0205. The summed E-state index contributed by atoms with van der Waals surface area (Å²) in [7, 11) is -5.90. The van der Waals surface area contributed by atoms with E-state index < -0.39 is 19.9 Å². The molecule has 0 aliphatic rings. The summed E-state index contributed by atoms with van der Waals surface area (Å²) in [5.74, 6) is -0.343. The molecule has 1 aromatic heterocycles. The van der Waals surface area contributed by atoms with Crippen molar-refractivity contribution in [3.8, 4) is 11.3 Å². The second-order valence-corrected chi connectivity index (χ2v) is 11.4. The summed E-state index contributed by atoms with van der Waals surface area (Å²) in [6.45, 7) is 1.87. The molecule has 0 amide bonds. The van der Waals surface area contributed by atoms with Crippen molar-refractivity contribution in [3.05, 3.63) is 65.6 Å². The normalized spacial score (nSPS) is 12.4. The second-order valence-electron chi connectivity index (χ2n) is 7.42. The van der Waals surface area contributed by atoms with Gasteiger partial charge in [0.1, 0.15) is 5.82 Å². The van der Waals surface area contributed by atoms with Crippen molar-refractivity contribution < 1.29 is 21.2 Å². The number of benzene rings is 2. The Morgan fingerprint density at radius 1 is 1.06 bits per heavy atom. The van der Waals surface area contributed by atoms with E-state index in [0.717, 1.165) is 11.9 Å². The lowest BCUT2D eigenvalue weighted by Gasteiger charge is -2.19. The first-order valence-electron chi connectivity index (χ1n) is 9.56. The molecule has 2 aromatic carbocycles. The number of halogens is 1. The van der Waals surface area contributed by atoms with E-state index in [-0.39, 0.29) is 22.2 Å². The van der Waals surface area contributed by atoms with Gasteiger partial charge in [0.15, 0.2) is 9.84 Å². The number of nitrogens with one attached hydrogen (secondary N) is 1. The Kier molecular flexibility index (Phi) is 6.63. The third-order valence-corrected chi connectivity index (χ3v) is 8.06. The zero-order chi connectivity index (χ0) is 22.8. The summed E-state index contributed by atoms with van der Waals surface area (Å²) in [6.07, 6.45) is 2.11. The fraction of sp³-hybridized carbons (Fsp3) is 0.286. The van der Waals surface area contributed by atoms with E-state index >= 15 is 0 Å². The SMILES string of the molecule is Cc1ccc(S(C)(=O)=O)cc1S(=O)(=O)N(C)CCCc1cc(-c2cccc(F)c2)n[nH]1.